The number of benzene rings is 3. The third kappa shape index (κ3) is 5.38. The SMILES string of the molecule is COc1ccc(N2C[C@H](C(=O)NNc3ccccc3OCc3ccccc3Cl)CC2=O)cc1. The Morgan fingerprint density at radius 1 is 1.06 bits per heavy atom. The van der Waals surface area contributed by atoms with E-state index in [0.717, 1.165) is 11.3 Å². The number of nitrogens with zero attached hydrogens (tertiary/aromatic N) is 1. The first-order chi connectivity index (χ1) is 16.0. The maximum absolute atomic E-state index is 12.7. The lowest BCUT2D eigenvalue weighted by Gasteiger charge is -2.18. The summed E-state index contributed by atoms with van der Waals surface area (Å²) in [5, 5.41) is 0.628. The Hall–Kier alpha value is -3.71. The van der Waals surface area contributed by atoms with E-state index in [1.54, 1.807) is 36.3 Å². The molecule has 1 aliphatic rings. The Balaban J connectivity index is 1.35. The molecule has 0 bridgehead atoms. The molecule has 33 heavy (non-hydrogen) atoms. The van der Waals surface area contributed by atoms with Crippen LogP contribution in [0.15, 0.2) is 72.8 Å². The van der Waals surface area contributed by atoms with Crippen molar-refractivity contribution in [2.24, 2.45) is 5.92 Å². The molecule has 0 aromatic heterocycles. The van der Waals surface area contributed by atoms with E-state index in [-0.39, 0.29) is 18.2 Å². The van der Waals surface area contributed by atoms with Gasteiger partial charge in [0.05, 0.1) is 18.7 Å². The highest BCUT2D eigenvalue weighted by Gasteiger charge is 2.35. The number of rotatable bonds is 8. The molecule has 3 aromatic rings. The van der Waals surface area contributed by atoms with E-state index in [0.29, 0.717) is 35.4 Å². The molecule has 0 aliphatic carbocycles. The van der Waals surface area contributed by atoms with Crippen molar-refractivity contribution in [3.63, 3.8) is 0 Å². The highest BCUT2D eigenvalue weighted by molar-refractivity contribution is 6.31. The van der Waals surface area contributed by atoms with Crippen molar-refractivity contribution in [2.45, 2.75) is 13.0 Å². The minimum absolute atomic E-state index is 0.0937. The topological polar surface area (TPSA) is 79.9 Å². The van der Waals surface area contributed by atoms with Crippen LogP contribution in [0.5, 0.6) is 11.5 Å². The van der Waals surface area contributed by atoms with E-state index in [4.69, 9.17) is 21.1 Å². The van der Waals surface area contributed by atoms with E-state index in [1.807, 2.05) is 48.5 Å². The summed E-state index contributed by atoms with van der Waals surface area (Å²) >= 11 is 6.20. The first-order valence-corrected chi connectivity index (χ1v) is 10.9. The molecule has 8 heteroatoms. The van der Waals surface area contributed by atoms with Crippen LogP contribution in [-0.2, 0) is 16.2 Å². The normalized spacial score (nSPS) is 15.3. The molecular weight excluding hydrogens is 442 g/mol. The number of para-hydroxylation sites is 2. The van der Waals surface area contributed by atoms with E-state index in [2.05, 4.69) is 10.9 Å². The van der Waals surface area contributed by atoms with Crippen molar-refractivity contribution in [2.75, 3.05) is 24.0 Å². The summed E-state index contributed by atoms with van der Waals surface area (Å²) in [4.78, 5) is 26.8. The Bertz CT molecular complexity index is 1140. The largest absolute Gasteiger partial charge is 0.497 e. The fourth-order valence-electron chi connectivity index (χ4n) is 3.59. The fourth-order valence-corrected chi connectivity index (χ4v) is 3.78. The molecule has 170 valence electrons. The van der Waals surface area contributed by atoms with Crippen LogP contribution in [0.25, 0.3) is 0 Å². The fraction of sp³-hybridized carbons (Fsp3) is 0.200. The molecule has 0 saturated carbocycles. The number of amides is 2. The van der Waals surface area contributed by atoms with Gasteiger partial charge in [0.15, 0.2) is 0 Å². The number of anilines is 2. The number of ether oxygens (including phenoxy) is 2. The molecule has 1 saturated heterocycles. The first kappa shape index (κ1) is 22.5. The van der Waals surface area contributed by atoms with E-state index in [1.165, 1.54) is 0 Å². The van der Waals surface area contributed by atoms with Gasteiger partial charge in [0, 0.05) is 29.2 Å². The lowest BCUT2D eigenvalue weighted by Crippen LogP contribution is -2.36. The monoisotopic (exact) mass is 465 g/mol. The molecule has 0 radical (unpaired) electrons. The van der Waals surface area contributed by atoms with Crippen molar-refractivity contribution < 1.29 is 19.1 Å². The Kier molecular flexibility index (Phi) is 7.00. The van der Waals surface area contributed by atoms with E-state index in [9.17, 15) is 9.59 Å². The molecule has 1 heterocycles. The third-order valence-electron chi connectivity index (χ3n) is 5.43. The van der Waals surface area contributed by atoms with Gasteiger partial charge in [-0.25, -0.2) is 0 Å². The Morgan fingerprint density at radius 2 is 1.79 bits per heavy atom. The number of hydrogen-bond donors (Lipinski definition) is 2. The summed E-state index contributed by atoms with van der Waals surface area (Å²) in [7, 11) is 1.59. The van der Waals surface area contributed by atoms with Gasteiger partial charge in [-0.3, -0.25) is 20.4 Å². The minimum Gasteiger partial charge on any atom is -0.497 e. The number of hydrogen-bond acceptors (Lipinski definition) is 5. The zero-order valence-electron chi connectivity index (χ0n) is 18.1. The van der Waals surface area contributed by atoms with Crippen molar-refractivity contribution >= 4 is 34.8 Å². The highest BCUT2D eigenvalue weighted by atomic mass is 35.5. The molecule has 1 atom stereocenters. The summed E-state index contributed by atoms with van der Waals surface area (Å²) in [5.74, 6) is 0.451. The van der Waals surface area contributed by atoms with Gasteiger partial charge in [-0.15, -0.1) is 0 Å². The average Bonchev–Trinajstić information content (AvgIpc) is 3.24. The molecule has 0 spiro atoms. The number of nitrogens with one attached hydrogen (secondary N) is 2. The molecule has 1 fully saturated rings. The maximum Gasteiger partial charge on any atom is 0.243 e. The van der Waals surface area contributed by atoms with E-state index >= 15 is 0 Å². The van der Waals surface area contributed by atoms with Crippen molar-refractivity contribution in [1.82, 2.24) is 5.43 Å². The number of carbonyl (C=O) groups excluding carboxylic acids is 2. The van der Waals surface area contributed by atoms with Gasteiger partial charge in [-0.1, -0.05) is 41.9 Å². The lowest BCUT2D eigenvalue weighted by molar-refractivity contribution is -0.125. The van der Waals surface area contributed by atoms with Gasteiger partial charge in [-0.2, -0.15) is 0 Å². The summed E-state index contributed by atoms with van der Waals surface area (Å²) < 4.78 is 11.1. The lowest BCUT2D eigenvalue weighted by atomic mass is 10.1. The minimum atomic E-state index is -0.469. The molecule has 3 aromatic carbocycles. The van der Waals surface area contributed by atoms with Crippen LogP contribution in [0.3, 0.4) is 0 Å². The second kappa shape index (κ2) is 10.3. The van der Waals surface area contributed by atoms with Crippen LogP contribution >= 0.6 is 11.6 Å². The Labute approximate surface area is 197 Å². The summed E-state index contributed by atoms with van der Waals surface area (Å²) in [6.07, 6.45) is 0.143. The summed E-state index contributed by atoms with van der Waals surface area (Å²) in [6.45, 7) is 0.601. The summed E-state index contributed by atoms with van der Waals surface area (Å²) in [6, 6.07) is 21.9. The van der Waals surface area contributed by atoms with Gasteiger partial charge in [0.1, 0.15) is 18.1 Å². The predicted octanol–water partition coefficient (Wildman–Crippen LogP) is 4.42. The van der Waals surface area contributed by atoms with Gasteiger partial charge in [0.2, 0.25) is 11.8 Å². The van der Waals surface area contributed by atoms with Crippen LogP contribution < -0.4 is 25.2 Å². The first-order valence-electron chi connectivity index (χ1n) is 10.5. The molecular formula is C25H24ClN3O4. The number of halogens is 1. The predicted molar refractivity (Wildman–Crippen MR) is 127 cm³/mol. The molecule has 7 nitrogen and oxygen atoms in total. The van der Waals surface area contributed by atoms with Crippen molar-refractivity contribution in [3.8, 4) is 11.5 Å². The van der Waals surface area contributed by atoms with Crippen molar-refractivity contribution in [3.05, 3.63) is 83.4 Å². The zero-order valence-corrected chi connectivity index (χ0v) is 18.8. The molecule has 1 aliphatic heterocycles. The standard InChI is InChI=1S/C25H24ClN3O4/c1-32-20-12-10-19(11-13-20)29-15-18(14-24(29)30)25(31)28-27-22-8-4-5-9-23(22)33-16-17-6-2-3-7-21(17)26/h2-13,18,27H,14-16H2,1H3,(H,28,31)/t18-/m1/s1. The van der Waals surface area contributed by atoms with Crippen LogP contribution in [0, 0.1) is 5.92 Å². The zero-order chi connectivity index (χ0) is 23.2. The van der Waals surface area contributed by atoms with Gasteiger partial charge in [-0.05, 0) is 42.5 Å². The molecule has 4 rings (SSSR count). The second-order valence-electron chi connectivity index (χ2n) is 7.59. The molecule has 2 N–H and O–H groups in total. The van der Waals surface area contributed by atoms with Crippen LogP contribution in [-0.4, -0.2) is 25.5 Å². The maximum atomic E-state index is 12.7. The number of carbonyl (C=O) groups is 2. The summed E-state index contributed by atoms with van der Waals surface area (Å²) in [5.41, 5.74) is 7.84. The van der Waals surface area contributed by atoms with Gasteiger partial charge in [0.25, 0.3) is 0 Å². The highest BCUT2D eigenvalue weighted by Crippen LogP contribution is 2.28. The van der Waals surface area contributed by atoms with Gasteiger partial charge < -0.3 is 14.4 Å². The van der Waals surface area contributed by atoms with Crippen molar-refractivity contribution in [1.29, 1.82) is 0 Å². The van der Waals surface area contributed by atoms with Crippen LogP contribution in [0.4, 0.5) is 11.4 Å². The van der Waals surface area contributed by atoms with E-state index < -0.39 is 5.92 Å². The number of methoxy groups -OCH3 is 1. The average molecular weight is 466 g/mol. The van der Waals surface area contributed by atoms with Gasteiger partial charge >= 0.3 is 0 Å². The number of hydrazine groups is 1. The van der Waals surface area contributed by atoms with Crippen LogP contribution in [0.2, 0.25) is 5.02 Å². The van der Waals surface area contributed by atoms with Crippen LogP contribution in [0.1, 0.15) is 12.0 Å². The molecule has 2 amide bonds. The molecule has 0 unspecified atom stereocenters. The smallest absolute Gasteiger partial charge is 0.243 e. The second-order valence-corrected chi connectivity index (χ2v) is 8.00. The third-order valence-corrected chi connectivity index (χ3v) is 5.80. The Morgan fingerprint density at radius 3 is 2.55 bits per heavy atom. The quantitative estimate of drug-likeness (QED) is 0.481.